The Balaban J connectivity index is -0.0000000820. The van der Waals surface area contributed by atoms with Gasteiger partial charge in [0.15, 0.2) is 0 Å². The Bertz CT molecular complexity index is 300. The van der Waals surface area contributed by atoms with Crippen molar-refractivity contribution in [1.82, 2.24) is 20.3 Å². The molecular weight excluding hydrogens is 472 g/mol. The van der Waals surface area contributed by atoms with Gasteiger partial charge in [-0.15, -0.1) is 13.2 Å². The molecule has 232 valence electrons. The van der Waals surface area contributed by atoms with E-state index in [1.807, 2.05) is 48.6 Å². The standard InChI is InChI=1S/C8H18N2.C8H17N.C4H11NS.C4H10.3C2H6.C2H4/c1-3-10-6-4-8(9-2)5-7-10;1-7(2)8-3-5-9-6-4-8;1-4(2)6-5-3;1-3-4-2;4*1-2/h8-9H,3-7H2,1-2H3;7-9H,3-6H2,1-2H3;4-5H,1-3H3;3-4H2,1-2H3;3*1-2H3;1-2H2. The van der Waals surface area contributed by atoms with Gasteiger partial charge in [0.1, 0.15) is 0 Å². The molecule has 0 aromatic heterocycles. The van der Waals surface area contributed by atoms with Crippen LogP contribution in [-0.2, 0) is 0 Å². The van der Waals surface area contributed by atoms with Crippen molar-refractivity contribution in [1.29, 1.82) is 0 Å². The molecule has 3 N–H and O–H groups in total. The monoisotopic (exact) mass is 551 g/mol. The van der Waals surface area contributed by atoms with E-state index in [4.69, 9.17) is 0 Å². The maximum atomic E-state index is 3.37. The van der Waals surface area contributed by atoms with Gasteiger partial charge in [-0.25, -0.2) is 0 Å². The summed E-state index contributed by atoms with van der Waals surface area (Å²) in [5.41, 5.74) is 0. The molecule has 0 unspecified atom stereocenters. The van der Waals surface area contributed by atoms with Crippen LogP contribution < -0.4 is 15.4 Å². The Hall–Kier alpha value is -0.0700. The van der Waals surface area contributed by atoms with Gasteiger partial charge in [-0.1, -0.05) is 115 Å². The van der Waals surface area contributed by atoms with Crippen molar-refractivity contribution in [2.75, 3.05) is 46.8 Å². The predicted molar refractivity (Wildman–Crippen MR) is 182 cm³/mol. The molecule has 2 fully saturated rings. The van der Waals surface area contributed by atoms with Gasteiger partial charge in [-0.2, -0.15) is 0 Å². The van der Waals surface area contributed by atoms with E-state index in [0.29, 0.717) is 5.25 Å². The van der Waals surface area contributed by atoms with Gasteiger partial charge in [0.05, 0.1) is 0 Å². The third-order valence-electron chi connectivity index (χ3n) is 5.62. The minimum atomic E-state index is 0.704. The van der Waals surface area contributed by atoms with E-state index in [2.05, 4.69) is 88.9 Å². The zero-order valence-electron chi connectivity index (χ0n) is 28.9. The molecule has 0 saturated carbocycles. The number of hydrogen-bond donors (Lipinski definition) is 3. The van der Waals surface area contributed by atoms with Crippen molar-refractivity contribution < 1.29 is 0 Å². The molecule has 2 saturated heterocycles. The molecule has 0 aliphatic carbocycles. The summed E-state index contributed by atoms with van der Waals surface area (Å²) in [4.78, 5) is 2.51. The summed E-state index contributed by atoms with van der Waals surface area (Å²) in [6.07, 6.45) is 8.06. The molecule has 2 aliphatic heterocycles. The first-order chi connectivity index (χ1) is 17.9. The van der Waals surface area contributed by atoms with Crippen molar-refractivity contribution in [2.24, 2.45) is 11.8 Å². The number of nitrogens with zero attached hydrogens (tertiary/aromatic N) is 1. The normalized spacial score (nSPS) is 14.9. The fourth-order valence-electron chi connectivity index (χ4n) is 3.28. The van der Waals surface area contributed by atoms with Crippen LogP contribution in [0.4, 0.5) is 0 Å². The maximum absolute atomic E-state index is 3.37. The van der Waals surface area contributed by atoms with Gasteiger partial charge in [0.2, 0.25) is 0 Å². The highest BCUT2D eigenvalue weighted by atomic mass is 32.2. The highest BCUT2D eigenvalue weighted by Crippen LogP contribution is 2.20. The van der Waals surface area contributed by atoms with Crippen LogP contribution in [-0.4, -0.2) is 63.0 Å². The second kappa shape index (κ2) is 48.9. The van der Waals surface area contributed by atoms with E-state index in [1.54, 1.807) is 11.9 Å². The van der Waals surface area contributed by atoms with E-state index in [-0.39, 0.29) is 0 Å². The second-order valence-corrected chi connectivity index (χ2v) is 10.3. The van der Waals surface area contributed by atoms with Crippen molar-refractivity contribution in [3.63, 3.8) is 0 Å². The molecule has 4 nitrogen and oxygen atoms in total. The Morgan fingerprint density at radius 1 is 0.784 bits per heavy atom. The summed E-state index contributed by atoms with van der Waals surface area (Å²) in [5.74, 6) is 1.89. The molecule has 37 heavy (non-hydrogen) atoms. The number of rotatable bonds is 6. The zero-order valence-corrected chi connectivity index (χ0v) is 29.7. The SMILES string of the molecule is C=C.CC.CC.CC.CC(C)C1CCNCC1.CCCC.CCN1CCC(NC)CC1.CNSC(C)C. The molecule has 0 aromatic carbocycles. The lowest BCUT2D eigenvalue weighted by molar-refractivity contribution is 0.211. The predicted octanol–water partition coefficient (Wildman–Crippen LogP) is 9.28. The number of piperidine rings is 2. The first-order valence-electron chi connectivity index (χ1n) is 15.8. The molecule has 2 rings (SSSR count). The third-order valence-corrected chi connectivity index (χ3v) is 6.33. The van der Waals surface area contributed by atoms with Gasteiger partial charge in [-0.3, -0.25) is 4.72 Å². The molecule has 2 heterocycles. The van der Waals surface area contributed by atoms with Gasteiger partial charge in [0, 0.05) is 11.3 Å². The lowest BCUT2D eigenvalue weighted by Crippen LogP contribution is -2.40. The summed E-state index contributed by atoms with van der Waals surface area (Å²) in [6.45, 7) is 39.8. The molecule has 0 spiro atoms. The average Bonchev–Trinajstić information content (AvgIpc) is 2.98. The number of unbranched alkanes of at least 4 members (excludes halogenated alkanes) is 1. The largest absolute Gasteiger partial charge is 0.317 e. The lowest BCUT2D eigenvalue weighted by atomic mass is 9.87. The zero-order chi connectivity index (χ0) is 30.5. The second-order valence-electron chi connectivity index (χ2n) is 8.70. The van der Waals surface area contributed by atoms with Crippen LogP contribution in [0.3, 0.4) is 0 Å². The summed E-state index contributed by atoms with van der Waals surface area (Å²) >= 11 is 1.74. The fourth-order valence-corrected chi connectivity index (χ4v) is 3.76. The van der Waals surface area contributed by atoms with Gasteiger partial charge < -0.3 is 15.5 Å². The van der Waals surface area contributed by atoms with Crippen LogP contribution in [0.5, 0.6) is 0 Å². The van der Waals surface area contributed by atoms with Crippen LogP contribution in [0, 0.1) is 11.8 Å². The topological polar surface area (TPSA) is 39.3 Å². The minimum absolute atomic E-state index is 0.704. The number of nitrogens with one attached hydrogen (secondary N) is 3. The molecule has 0 aromatic rings. The fraction of sp³-hybridized carbons (Fsp3) is 0.938. The average molecular weight is 551 g/mol. The molecule has 0 amide bonds. The Labute approximate surface area is 243 Å². The Morgan fingerprint density at radius 3 is 1.38 bits per heavy atom. The molecule has 5 heteroatoms. The highest BCUT2D eigenvalue weighted by Gasteiger charge is 2.16. The Kier molecular flexibility index (Phi) is 65.9. The number of likely N-dealkylation sites (tertiary alicyclic amines) is 1. The minimum Gasteiger partial charge on any atom is -0.317 e. The summed E-state index contributed by atoms with van der Waals surface area (Å²) in [6, 6.07) is 0.780. The Morgan fingerprint density at radius 2 is 1.19 bits per heavy atom. The van der Waals surface area contributed by atoms with E-state index >= 15 is 0 Å². The summed E-state index contributed by atoms with van der Waals surface area (Å²) in [7, 11) is 4.00. The van der Waals surface area contributed by atoms with Gasteiger partial charge in [-0.05, 0) is 84.3 Å². The highest BCUT2D eigenvalue weighted by molar-refractivity contribution is 7.97. The van der Waals surface area contributed by atoms with Gasteiger partial charge in [0.25, 0.3) is 0 Å². The van der Waals surface area contributed by atoms with Crippen LogP contribution in [0.2, 0.25) is 0 Å². The van der Waals surface area contributed by atoms with Crippen molar-refractivity contribution in [3.05, 3.63) is 13.2 Å². The number of hydrogen-bond acceptors (Lipinski definition) is 5. The van der Waals surface area contributed by atoms with Gasteiger partial charge >= 0.3 is 0 Å². The lowest BCUT2D eigenvalue weighted by Gasteiger charge is -2.30. The molecule has 0 atom stereocenters. The van der Waals surface area contributed by atoms with Crippen molar-refractivity contribution in [3.8, 4) is 0 Å². The molecular formula is C32H78N4S. The van der Waals surface area contributed by atoms with Crippen LogP contribution >= 0.6 is 11.9 Å². The third kappa shape index (κ3) is 46.2. The van der Waals surface area contributed by atoms with Crippen molar-refractivity contribution in [2.45, 2.75) is 140 Å². The van der Waals surface area contributed by atoms with Crippen LogP contribution in [0.15, 0.2) is 13.2 Å². The molecule has 2 aliphatic rings. The van der Waals surface area contributed by atoms with E-state index in [1.165, 1.54) is 71.2 Å². The first kappa shape index (κ1) is 49.8. The first-order valence-corrected chi connectivity index (χ1v) is 16.7. The van der Waals surface area contributed by atoms with Crippen molar-refractivity contribution >= 4 is 11.9 Å². The smallest absolute Gasteiger partial charge is 0.0136 e. The van der Waals surface area contributed by atoms with E-state index < -0.39 is 0 Å². The molecule has 0 radical (unpaired) electrons. The quantitative estimate of drug-likeness (QED) is 0.227. The van der Waals surface area contributed by atoms with E-state index in [0.717, 1.165) is 17.9 Å². The summed E-state index contributed by atoms with van der Waals surface area (Å²) < 4.78 is 2.98. The summed E-state index contributed by atoms with van der Waals surface area (Å²) in [5, 5.41) is 7.40. The maximum Gasteiger partial charge on any atom is 0.0136 e. The van der Waals surface area contributed by atoms with Crippen LogP contribution in [0.1, 0.15) is 129 Å². The molecule has 0 bridgehead atoms. The van der Waals surface area contributed by atoms with Crippen LogP contribution in [0.25, 0.3) is 0 Å². The van der Waals surface area contributed by atoms with E-state index in [9.17, 15) is 0 Å².